The van der Waals surface area contributed by atoms with Gasteiger partial charge in [-0.25, -0.2) is 0 Å². The molecule has 14 heavy (non-hydrogen) atoms. The standard InChI is InChI=1S/C11H25NS2/c1-10(2)6-5-8-13-14-9-7-12-11(3)4/h10-12H,5-9H2,1-4H3. The van der Waals surface area contributed by atoms with Crippen molar-refractivity contribution >= 4 is 21.6 Å². The van der Waals surface area contributed by atoms with Crippen LogP contribution in [0.2, 0.25) is 0 Å². The second-order valence-electron chi connectivity index (χ2n) is 4.29. The molecule has 0 aliphatic carbocycles. The minimum atomic E-state index is 0.626. The largest absolute Gasteiger partial charge is 0.314 e. The maximum atomic E-state index is 3.42. The summed E-state index contributed by atoms with van der Waals surface area (Å²) in [5, 5.41) is 3.42. The summed E-state index contributed by atoms with van der Waals surface area (Å²) < 4.78 is 0. The molecule has 0 fully saturated rings. The molecule has 0 heterocycles. The van der Waals surface area contributed by atoms with Crippen LogP contribution >= 0.6 is 21.6 Å². The number of hydrogen-bond donors (Lipinski definition) is 1. The molecule has 0 atom stereocenters. The van der Waals surface area contributed by atoms with E-state index < -0.39 is 0 Å². The van der Waals surface area contributed by atoms with Crippen LogP contribution in [0.3, 0.4) is 0 Å². The van der Waals surface area contributed by atoms with Crippen molar-refractivity contribution in [3.63, 3.8) is 0 Å². The molecule has 0 radical (unpaired) electrons. The second kappa shape index (κ2) is 10.2. The molecular formula is C11H25NS2. The Hall–Kier alpha value is 0.660. The van der Waals surface area contributed by atoms with Crippen molar-refractivity contribution in [1.29, 1.82) is 0 Å². The van der Waals surface area contributed by atoms with E-state index in [9.17, 15) is 0 Å². The lowest BCUT2D eigenvalue weighted by atomic mass is 10.1. The third kappa shape index (κ3) is 12.7. The van der Waals surface area contributed by atoms with Gasteiger partial charge in [0.05, 0.1) is 0 Å². The Labute approximate surface area is 97.6 Å². The zero-order chi connectivity index (χ0) is 10.8. The summed E-state index contributed by atoms with van der Waals surface area (Å²) in [5.74, 6) is 3.40. The fraction of sp³-hybridized carbons (Fsp3) is 1.00. The highest BCUT2D eigenvalue weighted by Gasteiger charge is 1.95. The first kappa shape index (κ1) is 14.7. The number of rotatable bonds is 9. The van der Waals surface area contributed by atoms with Crippen molar-refractivity contribution in [3.05, 3.63) is 0 Å². The van der Waals surface area contributed by atoms with Crippen molar-refractivity contribution in [3.8, 4) is 0 Å². The Morgan fingerprint density at radius 1 is 1.00 bits per heavy atom. The van der Waals surface area contributed by atoms with Gasteiger partial charge in [-0.1, -0.05) is 55.7 Å². The molecule has 1 N–H and O–H groups in total. The van der Waals surface area contributed by atoms with Crippen LogP contribution in [0.1, 0.15) is 40.5 Å². The third-order valence-electron chi connectivity index (χ3n) is 1.83. The summed E-state index contributed by atoms with van der Waals surface area (Å²) in [6, 6.07) is 0.626. The summed E-state index contributed by atoms with van der Waals surface area (Å²) in [4.78, 5) is 0. The highest BCUT2D eigenvalue weighted by atomic mass is 33.1. The molecule has 0 saturated heterocycles. The molecule has 0 rings (SSSR count). The highest BCUT2D eigenvalue weighted by Crippen LogP contribution is 2.22. The Bertz CT molecular complexity index is 102. The Balaban J connectivity index is 2.92. The normalized spacial score (nSPS) is 11.6. The van der Waals surface area contributed by atoms with Gasteiger partial charge in [-0.05, 0) is 12.3 Å². The van der Waals surface area contributed by atoms with Crippen LogP contribution in [-0.4, -0.2) is 24.1 Å². The molecule has 0 aliphatic rings. The van der Waals surface area contributed by atoms with Crippen LogP contribution in [0, 0.1) is 5.92 Å². The first-order valence-corrected chi connectivity index (χ1v) is 8.09. The van der Waals surface area contributed by atoms with Gasteiger partial charge >= 0.3 is 0 Å². The van der Waals surface area contributed by atoms with Crippen molar-refractivity contribution in [2.24, 2.45) is 5.92 Å². The Morgan fingerprint density at radius 2 is 1.64 bits per heavy atom. The van der Waals surface area contributed by atoms with E-state index in [1.165, 1.54) is 24.3 Å². The van der Waals surface area contributed by atoms with Crippen molar-refractivity contribution in [2.45, 2.75) is 46.6 Å². The summed E-state index contributed by atoms with van der Waals surface area (Å²) >= 11 is 0. The van der Waals surface area contributed by atoms with Gasteiger partial charge in [0.15, 0.2) is 0 Å². The van der Waals surface area contributed by atoms with Gasteiger partial charge in [-0.3, -0.25) is 0 Å². The molecule has 0 saturated carbocycles. The molecule has 0 unspecified atom stereocenters. The molecule has 0 aromatic rings. The highest BCUT2D eigenvalue weighted by molar-refractivity contribution is 8.76. The molecule has 86 valence electrons. The van der Waals surface area contributed by atoms with Crippen molar-refractivity contribution in [2.75, 3.05) is 18.1 Å². The molecule has 0 spiro atoms. The predicted octanol–water partition coefficient (Wildman–Crippen LogP) is 3.80. The maximum Gasteiger partial charge on any atom is 0.0162 e. The average molecular weight is 235 g/mol. The topological polar surface area (TPSA) is 12.0 Å². The van der Waals surface area contributed by atoms with Gasteiger partial charge in [0.25, 0.3) is 0 Å². The zero-order valence-electron chi connectivity index (χ0n) is 10.0. The molecule has 0 aliphatic heterocycles. The van der Waals surface area contributed by atoms with E-state index in [1.807, 2.05) is 21.6 Å². The van der Waals surface area contributed by atoms with Gasteiger partial charge in [0, 0.05) is 24.1 Å². The quantitative estimate of drug-likeness (QED) is 0.482. The lowest BCUT2D eigenvalue weighted by molar-refractivity contribution is 0.579. The second-order valence-corrected chi connectivity index (χ2v) is 6.99. The summed E-state index contributed by atoms with van der Waals surface area (Å²) in [5.41, 5.74) is 0. The van der Waals surface area contributed by atoms with E-state index in [4.69, 9.17) is 0 Å². The SMILES string of the molecule is CC(C)CCCSSCCNC(C)C. The van der Waals surface area contributed by atoms with Gasteiger partial charge in [0.2, 0.25) is 0 Å². The van der Waals surface area contributed by atoms with E-state index in [1.54, 1.807) is 0 Å². The first-order valence-electron chi connectivity index (χ1n) is 5.60. The van der Waals surface area contributed by atoms with Crippen LogP contribution in [0.4, 0.5) is 0 Å². The van der Waals surface area contributed by atoms with Crippen molar-refractivity contribution < 1.29 is 0 Å². The van der Waals surface area contributed by atoms with Gasteiger partial charge in [-0.2, -0.15) is 0 Å². The molecule has 0 aromatic heterocycles. The van der Waals surface area contributed by atoms with E-state index in [-0.39, 0.29) is 0 Å². The van der Waals surface area contributed by atoms with Gasteiger partial charge in [0.1, 0.15) is 0 Å². The molecule has 0 amide bonds. The van der Waals surface area contributed by atoms with E-state index >= 15 is 0 Å². The average Bonchev–Trinajstić information content (AvgIpc) is 2.08. The van der Waals surface area contributed by atoms with Crippen molar-refractivity contribution in [1.82, 2.24) is 5.32 Å². The molecule has 0 aromatic carbocycles. The van der Waals surface area contributed by atoms with Crippen LogP contribution < -0.4 is 5.32 Å². The number of nitrogens with one attached hydrogen (secondary N) is 1. The Kier molecular flexibility index (Phi) is 10.7. The van der Waals surface area contributed by atoms with Gasteiger partial charge in [-0.15, -0.1) is 0 Å². The molecular weight excluding hydrogens is 210 g/mol. The van der Waals surface area contributed by atoms with E-state index in [2.05, 4.69) is 33.0 Å². The third-order valence-corrected chi connectivity index (χ3v) is 4.32. The monoisotopic (exact) mass is 235 g/mol. The fourth-order valence-electron chi connectivity index (χ4n) is 1.06. The predicted molar refractivity (Wildman–Crippen MR) is 72.1 cm³/mol. The number of hydrogen-bond acceptors (Lipinski definition) is 3. The summed E-state index contributed by atoms with van der Waals surface area (Å²) in [7, 11) is 4.02. The molecule has 0 bridgehead atoms. The van der Waals surface area contributed by atoms with Crippen LogP contribution in [0.15, 0.2) is 0 Å². The zero-order valence-corrected chi connectivity index (χ0v) is 11.6. The minimum absolute atomic E-state index is 0.626. The smallest absolute Gasteiger partial charge is 0.0162 e. The van der Waals surface area contributed by atoms with E-state index in [0.717, 1.165) is 12.5 Å². The molecule has 3 heteroatoms. The maximum absolute atomic E-state index is 3.42. The van der Waals surface area contributed by atoms with Crippen LogP contribution in [0.25, 0.3) is 0 Å². The van der Waals surface area contributed by atoms with E-state index in [0.29, 0.717) is 6.04 Å². The minimum Gasteiger partial charge on any atom is -0.314 e. The summed E-state index contributed by atoms with van der Waals surface area (Å²) in [6.45, 7) is 10.1. The first-order chi connectivity index (χ1) is 6.63. The fourth-order valence-corrected chi connectivity index (χ4v) is 3.09. The molecule has 1 nitrogen and oxygen atoms in total. The summed E-state index contributed by atoms with van der Waals surface area (Å²) in [6.07, 6.45) is 2.74. The van der Waals surface area contributed by atoms with Gasteiger partial charge < -0.3 is 5.32 Å². The lowest BCUT2D eigenvalue weighted by Gasteiger charge is -2.07. The van der Waals surface area contributed by atoms with Crippen LogP contribution in [-0.2, 0) is 0 Å². The van der Waals surface area contributed by atoms with Crippen LogP contribution in [0.5, 0.6) is 0 Å². The Morgan fingerprint density at radius 3 is 2.21 bits per heavy atom. The lowest BCUT2D eigenvalue weighted by Crippen LogP contribution is -2.24.